The van der Waals surface area contributed by atoms with Crippen molar-refractivity contribution >= 4 is 34.8 Å². The number of hydrogen-bond donors (Lipinski definition) is 1. The van der Waals surface area contributed by atoms with Gasteiger partial charge >= 0.3 is 0 Å². The van der Waals surface area contributed by atoms with Crippen LogP contribution in [0.1, 0.15) is 18.1 Å². The van der Waals surface area contributed by atoms with E-state index in [9.17, 15) is 4.79 Å². The van der Waals surface area contributed by atoms with Gasteiger partial charge in [-0.05, 0) is 50.1 Å². The van der Waals surface area contributed by atoms with E-state index in [0.717, 1.165) is 16.8 Å². The maximum atomic E-state index is 12.3. The zero-order chi connectivity index (χ0) is 16.3. The number of anilines is 1. The average Bonchev–Trinajstić information content (AvgIpc) is 2.45. The van der Waals surface area contributed by atoms with Crippen molar-refractivity contribution in [2.24, 2.45) is 0 Å². The smallest absolute Gasteiger partial charge is 0.265 e. The van der Waals surface area contributed by atoms with Crippen LogP contribution in [0.2, 0.25) is 10.0 Å². The summed E-state index contributed by atoms with van der Waals surface area (Å²) in [5.41, 5.74) is 2.82. The van der Waals surface area contributed by atoms with Gasteiger partial charge in [-0.25, -0.2) is 0 Å². The number of para-hydroxylation sites is 1. The van der Waals surface area contributed by atoms with E-state index < -0.39 is 6.10 Å². The van der Waals surface area contributed by atoms with E-state index in [1.165, 1.54) is 0 Å². The first kappa shape index (κ1) is 16.7. The molecule has 0 spiro atoms. The fourth-order valence-corrected chi connectivity index (χ4v) is 2.50. The molecular formula is C17H17Cl2NO2. The van der Waals surface area contributed by atoms with Crippen LogP contribution < -0.4 is 10.1 Å². The average molecular weight is 338 g/mol. The summed E-state index contributed by atoms with van der Waals surface area (Å²) < 4.78 is 5.61. The lowest BCUT2D eigenvalue weighted by atomic mass is 10.1. The van der Waals surface area contributed by atoms with Gasteiger partial charge in [0.05, 0.1) is 5.02 Å². The molecule has 2 aromatic carbocycles. The summed E-state index contributed by atoms with van der Waals surface area (Å²) in [4.78, 5) is 12.3. The van der Waals surface area contributed by atoms with Crippen molar-refractivity contribution in [2.45, 2.75) is 26.9 Å². The zero-order valence-corrected chi connectivity index (χ0v) is 14.1. The first-order valence-corrected chi connectivity index (χ1v) is 7.63. The Hall–Kier alpha value is -1.71. The Labute approximate surface area is 140 Å². The van der Waals surface area contributed by atoms with Crippen LogP contribution in [0, 0.1) is 13.8 Å². The van der Waals surface area contributed by atoms with Crippen LogP contribution in [0.25, 0.3) is 0 Å². The molecule has 22 heavy (non-hydrogen) atoms. The molecule has 0 aliphatic rings. The molecule has 0 aliphatic carbocycles. The highest BCUT2D eigenvalue weighted by Crippen LogP contribution is 2.28. The summed E-state index contributed by atoms with van der Waals surface area (Å²) >= 11 is 11.9. The van der Waals surface area contributed by atoms with E-state index >= 15 is 0 Å². The van der Waals surface area contributed by atoms with Crippen molar-refractivity contribution in [1.29, 1.82) is 0 Å². The number of halogens is 2. The molecule has 0 aliphatic heterocycles. The molecule has 3 nitrogen and oxygen atoms in total. The van der Waals surface area contributed by atoms with Crippen LogP contribution in [0.15, 0.2) is 36.4 Å². The number of carbonyl (C=O) groups excluding carboxylic acids is 1. The number of carbonyl (C=O) groups is 1. The van der Waals surface area contributed by atoms with Crippen molar-refractivity contribution in [3.63, 3.8) is 0 Å². The second-order valence-corrected chi connectivity index (χ2v) is 5.93. The van der Waals surface area contributed by atoms with Crippen LogP contribution in [0.4, 0.5) is 5.69 Å². The number of aryl methyl sites for hydroxylation is 2. The van der Waals surface area contributed by atoms with Crippen LogP contribution in [0.5, 0.6) is 5.75 Å². The lowest BCUT2D eigenvalue weighted by Crippen LogP contribution is -2.30. The van der Waals surface area contributed by atoms with E-state index in [-0.39, 0.29) is 5.91 Å². The summed E-state index contributed by atoms with van der Waals surface area (Å²) in [6.45, 7) is 5.57. The molecule has 1 atom stereocenters. The van der Waals surface area contributed by atoms with E-state index in [1.54, 1.807) is 25.1 Å². The highest BCUT2D eigenvalue weighted by atomic mass is 35.5. The molecular weight excluding hydrogens is 321 g/mol. The van der Waals surface area contributed by atoms with Crippen LogP contribution in [-0.2, 0) is 4.79 Å². The third-order valence-corrected chi connectivity index (χ3v) is 3.83. The molecule has 0 unspecified atom stereocenters. The minimum atomic E-state index is -0.683. The van der Waals surface area contributed by atoms with Gasteiger partial charge in [-0.1, -0.05) is 41.4 Å². The van der Waals surface area contributed by atoms with Gasteiger partial charge in [0.15, 0.2) is 6.10 Å². The summed E-state index contributed by atoms with van der Waals surface area (Å²) in [5, 5.41) is 3.79. The van der Waals surface area contributed by atoms with Crippen LogP contribution in [0.3, 0.4) is 0 Å². The predicted octanol–water partition coefficient (Wildman–Crippen LogP) is 5.02. The van der Waals surface area contributed by atoms with Crippen molar-refractivity contribution in [3.8, 4) is 5.75 Å². The Morgan fingerprint density at radius 2 is 1.77 bits per heavy atom. The first-order valence-electron chi connectivity index (χ1n) is 6.87. The molecule has 0 bridgehead atoms. The van der Waals surface area contributed by atoms with Crippen molar-refractivity contribution in [1.82, 2.24) is 0 Å². The number of benzene rings is 2. The minimum Gasteiger partial charge on any atom is -0.479 e. The molecule has 0 saturated heterocycles. The fraction of sp³-hybridized carbons (Fsp3) is 0.235. The second kappa shape index (κ2) is 7.03. The summed E-state index contributed by atoms with van der Waals surface area (Å²) in [6, 6.07) is 10.7. The molecule has 0 aromatic heterocycles. The Balaban J connectivity index is 2.09. The Morgan fingerprint density at radius 3 is 2.36 bits per heavy atom. The second-order valence-electron chi connectivity index (χ2n) is 5.09. The Bertz CT molecular complexity index is 681. The quantitative estimate of drug-likeness (QED) is 0.850. The third-order valence-electron chi connectivity index (χ3n) is 3.30. The van der Waals surface area contributed by atoms with Crippen molar-refractivity contribution in [2.75, 3.05) is 5.32 Å². The van der Waals surface area contributed by atoms with E-state index in [4.69, 9.17) is 27.9 Å². The summed E-state index contributed by atoms with van der Waals surface area (Å²) in [5.74, 6) is 0.193. The molecule has 2 aromatic rings. The maximum Gasteiger partial charge on any atom is 0.265 e. The highest BCUT2D eigenvalue weighted by molar-refractivity contribution is 6.35. The Morgan fingerprint density at radius 1 is 1.14 bits per heavy atom. The molecule has 0 heterocycles. The number of hydrogen-bond acceptors (Lipinski definition) is 2. The predicted molar refractivity (Wildman–Crippen MR) is 91.1 cm³/mol. The number of rotatable bonds is 4. The van der Waals surface area contributed by atoms with Crippen molar-refractivity contribution in [3.05, 3.63) is 57.6 Å². The molecule has 5 heteroatoms. The zero-order valence-electron chi connectivity index (χ0n) is 12.6. The van der Waals surface area contributed by atoms with Gasteiger partial charge in [0.2, 0.25) is 0 Å². The number of nitrogens with one attached hydrogen (secondary N) is 1. The van der Waals surface area contributed by atoms with Crippen LogP contribution in [-0.4, -0.2) is 12.0 Å². The van der Waals surface area contributed by atoms with Gasteiger partial charge < -0.3 is 10.1 Å². The van der Waals surface area contributed by atoms with Gasteiger partial charge in [-0.3, -0.25) is 4.79 Å². The van der Waals surface area contributed by atoms with E-state index in [2.05, 4.69) is 5.32 Å². The van der Waals surface area contributed by atoms with Gasteiger partial charge in [0.25, 0.3) is 5.91 Å². The van der Waals surface area contributed by atoms with Gasteiger partial charge in [-0.15, -0.1) is 0 Å². The van der Waals surface area contributed by atoms with Gasteiger partial charge in [0, 0.05) is 10.7 Å². The molecule has 0 saturated carbocycles. The van der Waals surface area contributed by atoms with Gasteiger partial charge in [-0.2, -0.15) is 0 Å². The van der Waals surface area contributed by atoms with Crippen LogP contribution >= 0.6 is 23.2 Å². The molecule has 1 N–H and O–H groups in total. The molecule has 1 amide bonds. The number of amides is 1. The monoisotopic (exact) mass is 337 g/mol. The minimum absolute atomic E-state index is 0.233. The molecule has 0 radical (unpaired) electrons. The van der Waals surface area contributed by atoms with E-state index in [1.807, 2.05) is 32.0 Å². The highest BCUT2D eigenvalue weighted by Gasteiger charge is 2.17. The number of ether oxygens (including phenoxy) is 1. The largest absolute Gasteiger partial charge is 0.479 e. The van der Waals surface area contributed by atoms with Gasteiger partial charge in [0.1, 0.15) is 5.75 Å². The SMILES string of the molecule is Cc1cccc(C)c1NC(=O)[C@@H](C)Oc1ccc(Cl)cc1Cl. The standard InChI is InChI=1S/C17H17Cl2NO2/c1-10-5-4-6-11(2)16(10)20-17(21)12(3)22-15-8-7-13(18)9-14(15)19/h4-9,12H,1-3H3,(H,20,21)/t12-/m1/s1. The molecule has 2 rings (SSSR count). The summed E-state index contributed by atoms with van der Waals surface area (Å²) in [7, 11) is 0. The lowest BCUT2D eigenvalue weighted by molar-refractivity contribution is -0.122. The van der Waals surface area contributed by atoms with E-state index in [0.29, 0.717) is 15.8 Å². The molecule has 116 valence electrons. The Kier molecular flexibility index (Phi) is 5.33. The fourth-order valence-electron chi connectivity index (χ4n) is 2.05. The third kappa shape index (κ3) is 3.93. The summed E-state index contributed by atoms with van der Waals surface area (Å²) in [6.07, 6.45) is -0.683. The lowest BCUT2D eigenvalue weighted by Gasteiger charge is -2.17. The normalized spacial score (nSPS) is 11.9. The van der Waals surface area contributed by atoms with Crippen molar-refractivity contribution < 1.29 is 9.53 Å². The first-order chi connectivity index (χ1) is 10.4. The molecule has 0 fully saturated rings. The topological polar surface area (TPSA) is 38.3 Å². The maximum absolute atomic E-state index is 12.3.